The van der Waals surface area contributed by atoms with Crippen LogP contribution in [0.4, 0.5) is 5.95 Å². The number of hydrogen-bond donors (Lipinski definition) is 1. The molecule has 1 N–H and O–H groups in total. The number of fused-ring (bicyclic) bond motifs is 1. The van der Waals surface area contributed by atoms with Gasteiger partial charge >= 0.3 is 0 Å². The lowest BCUT2D eigenvalue weighted by molar-refractivity contribution is -0.126. The van der Waals surface area contributed by atoms with Crippen molar-refractivity contribution in [2.24, 2.45) is 5.92 Å². The number of nitrogens with one attached hydrogen (secondary N) is 1. The fourth-order valence-electron chi connectivity index (χ4n) is 3.82. The van der Waals surface area contributed by atoms with Gasteiger partial charge in [0.15, 0.2) is 0 Å². The predicted molar refractivity (Wildman–Crippen MR) is 94.2 cm³/mol. The third-order valence-corrected chi connectivity index (χ3v) is 5.16. The molecule has 4 heterocycles. The largest absolute Gasteiger partial charge is 0.351 e. The Morgan fingerprint density at radius 1 is 1.20 bits per heavy atom. The minimum Gasteiger partial charge on any atom is -0.351 e. The van der Waals surface area contributed by atoms with Crippen LogP contribution in [-0.2, 0) is 17.8 Å². The molecule has 1 amide bonds. The highest BCUT2D eigenvalue weighted by Gasteiger charge is 2.28. The third-order valence-electron chi connectivity index (χ3n) is 5.16. The summed E-state index contributed by atoms with van der Waals surface area (Å²) in [4.78, 5) is 27.9. The van der Waals surface area contributed by atoms with Crippen molar-refractivity contribution in [2.75, 3.05) is 18.0 Å². The van der Waals surface area contributed by atoms with E-state index in [9.17, 15) is 4.79 Å². The van der Waals surface area contributed by atoms with Crippen LogP contribution in [0.5, 0.6) is 0 Å². The second-order valence-corrected chi connectivity index (χ2v) is 7.01. The van der Waals surface area contributed by atoms with Gasteiger partial charge in [-0.25, -0.2) is 15.0 Å². The van der Waals surface area contributed by atoms with Gasteiger partial charge in [-0.2, -0.15) is 0 Å². The number of hydrogen-bond acceptors (Lipinski definition) is 5. The molecular formula is C18H24N6O. The van der Waals surface area contributed by atoms with Crippen LogP contribution in [0.3, 0.4) is 0 Å². The minimum atomic E-state index is 0.0888. The van der Waals surface area contributed by atoms with Gasteiger partial charge in [-0.3, -0.25) is 4.79 Å². The van der Waals surface area contributed by atoms with Crippen LogP contribution in [0.1, 0.15) is 30.8 Å². The molecule has 0 unspecified atom stereocenters. The van der Waals surface area contributed by atoms with Crippen molar-refractivity contribution in [2.45, 2.75) is 45.2 Å². The van der Waals surface area contributed by atoms with Crippen molar-refractivity contribution in [3.8, 4) is 0 Å². The number of rotatable bonds is 3. The van der Waals surface area contributed by atoms with Crippen LogP contribution in [0.25, 0.3) is 0 Å². The standard InChI is InChI=1S/C18H24N6O/c1-13-11-24-12-15(3-4-16(24)21-13)22-17(25)14-5-9-23(10-6-14)18-19-7-2-8-20-18/h2,7-8,11,14-15H,3-6,9-10,12H2,1H3,(H,22,25)/t15-/m0/s1. The number of aromatic nitrogens is 4. The van der Waals surface area contributed by atoms with Crippen molar-refractivity contribution in [3.63, 3.8) is 0 Å². The summed E-state index contributed by atoms with van der Waals surface area (Å²) in [6, 6.07) is 2.03. The van der Waals surface area contributed by atoms with Gasteiger partial charge in [0.25, 0.3) is 0 Å². The smallest absolute Gasteiger partial charge is 0.225 e. The quantitative estimate of drug-likeness (QED) is 0.912. The molecule has 0 bridgehead atoms. The van der Waals surface area contributed by atoms with E-state index in [4.69, 9.17) is 0 Å². The number of piperidine rings is 1. The topological polar surface area (TPSA) is 75.9 Å². The molecule has 2 aromatic rings. The van der Waals surface area contributed by atoms with E-state index in [1.165, 1.54) is 0 Å². The molecule has 1 atom stereocenters. The molecular weight excluding hydrogens is 316 g/mol. The molecule has 7 heteroatoms. The van der Waals surface area contributed by atoms with Gasteiger partial charge in [0.2, 0.25) is 11.9 Å². The van der Waals surface area contributed by atoms with Crippen molar-refractivity contribution < 1.29 is 4.79 Å². The first kappa shape index (κ1) is 16.1. The van der Waals surface area contributed by atoms with Gasteiger partial charge in [0.1, 0.15) is 5.82 Å². The van der Waals surface area contributed by atoms with Crippen LogP contribution in [0.15, 0.2) is 24.7 Å². The Labute approximate surface area is 147 Å². The molecule has 1 saturated heterocycles. The van der Waals surface area contributed by atoms with Gasteiger partial charge in [0.05, 0.1) is 5.69 Å². The number of anilines is 1. The van der Waals surface area contributed by atoms with E-state index < -0.39 is 0 Å². The Balaban J connectivity index is 1.30. The summed E-state index contributed by atoms with van der Waals surface area (Å²) in [7, 11) is 0. The maximum atomic E-state index is 12.6. The first-order valence-corrected chi connectivity index (χ1v) is 9.04. The second-order valence-electron chi connectivity index (χ2n) is 7.01. The average molecular weight is 340 g/mol. The zero-order valence-corrected chi connectivity index (χ0v) is 14.6. The molecule has 0 aromatic carbocycles. The summed E-state index contributed by atoms with van der Waals surface area (Å²) in [5.41, 5.74) is 1.05. The fraction of sp³-hybridized carbons (Fsp3) is 0.556. The Morgan fingerprint density at radius 3 is 2.72 bits per heavy atom. The van der Waals surface area contributed by atoms with Crippen LogP contribution in [0, 0.1) is 12.8 Å². The number of aryl methyl sites for hydroxylation is 2. The average Bonchev–Trinajstić information content (AvgIpc) is 3.02. The first-order valence-electron chi connectivity index (χ1n) is 9.04. The van der Waals surface area contributed by atoms with Gasteiger partial charge < -0.3 is 14.8 Å². The Hall–Kier alpha value is -2.44. The van der Waals surface area contributed by atoms with Gasteiger partial charge in [-0.05, 0) is 32.3 Å². The SMILES string of the molecule is Cc1cn2c(n1)CC[C@H](NC(=O)C1CCN(c3ncccn3)CC1)C2. The molecule has 0 radical (unpaired) electrons. The predicted octanol–water partition coefficient (Wildman–Crippen LogP) is 1.33. The number of carbonyl (C=O) groups excluding carboxylic acids is 1. The number of imidazole rings is 1. The maximum Gasteiger partial charge on any atom is 0.225 e. The summed E-state index contributed by atoms with van der Waals surface area (Å²) in [6.07, 6.45) is 9.21. The third kappa shape index (κ3) is 3.50. The number of amides is 1. The van der Waals surface area contributed by atoms with E-state index in [0.717, 1.165) is 62.8 Å². The highest BCUT2D eigenvalue weighted by Crippen LogP contribution is 2.21. The van der Waals surface area contributed by atoms with E-state index in [2.05, 4.69) is 35.9 Å². The lowest BCUT2D eigenvalue weighted by Crippen LogP contribution is -2.46. The zero-order valence-electron chi connectivity index (χ0n) is 14.6. The number of carbonyl (C=O) groups is 1. The molecule has 0 aliphatic carbocycles. The second kappa shape index (κ2) is 6.82. The Bertz CT molecular complexity index is 735. The summed E-state index contributed by atoms with van der Waals surface area (Å²) < 4.78 is 2.18. The van der Waals surface area contributed by atoms with Crippen LogP contribution in [0.2, 0.25) is 0 Å². The van der Waals surface area contributed by atoms with Crippen LogP contribution >= 0.6 is 0 Å². The van der Waals surface area contributed by atoms with E-state index >= 15 is 0 Å². The first-order chi connectivity index (χ1) is 12.2. The summed E-state index contributed by atoms with van der Waals surface area (Å²) in [5, 5.41) is 3.26. The molecule has 4 rings (SSSR count). The van der Waals surface area contributed by atoms with Crippen LogP contribution in [-0.4, -0.2) is 44.6 Å². The van der Waals surface area contributed by atoms with E-state index in [1.807, 2.05) is 13.0 Å². The maximum absolute atomic E-state index is 12.6. The molecule has 1 fully saturated rings. The highest BCUT2D eigenvalue weighted by molar-refractivity contribution is 5.79. The van der Waals surface area contributed by atoms with Crippen molar-refractivity contribution in [1.29, 1.82) is 0 Å². The molecule has 2 aliphatic heterocycles. The molecule has 2 aromatic heterocycles. The monoisotopic (exact) mass is 340 g/mol. The van der Waals surface area contributed by atoms with Crippen molar-refractivity contribution >= 4 is 11.9 Å². The van der Waals surface area contributed by atoms with Gasteiger partial charge in [-0.15, -0.1) is 0 Å². The summed E-state index contributed by atoms with van der Waals surface area (Å²) in [6.45, 7) is 4.51. The minimum absolute atomic E-state index is 0.0888. The number of nitrogens with zero attached hydrogens (tertiary/aromatic N) is 5. The van der Waals surface area contributed by atoms with Crippen LogP contribution < -0.4 is 10.2 Å². The van der Waals surface area contributed by atoms with Crippen molar-refractivity contribution in [3.05, 3.63) is 36.2 Å². The molecule has 2 aliphatic rings. The lowest BCUT2D eigenvalue weighted by atomic mass is 9.95. The van der Waals surface area contributed by atoms with Gasteiger partial charge in [-0.1, -0.05) is 0 Å². The molecule has 7 nitrogen and oxygen atoms in total. The summed E-state index contributed by atoms with van der Waals surface area (Å²) in [5.74, 6) is 2.18. The molecule has 25 heavy (non-hydrogen) atoms. The Morgan fingerprint density at radius 2 is 1.96 bits per heavy atom. The lowest BCUT2D eigenvalue weighted by Gasteiger charge is -2.32. The van der Waals surface area contributed by atoms with Crippen molar-refractivity contribution in [1.82, 2.24) is 24.8 Å². The molecule has 0 spiro atoms. The fourth-order valence-corrected chi connectivity index (χ4v) is 3.82. The molecule has 0 saturated carbocycles. The zero-order chi connectivity index (χ0) is 17.2. The van der Waals surface area contributed by atoms with E-state index in [0.29, 0.717) is 0 Å². The molecule has 132 valence electrons. The normalized spacial score (nSPS) is 21.0. The highest BCUT2D eigenvalue weighted by atomic mass is 16.2. The van der Waals surface area contributed by atoms with E-state index in [1.54, 1.807) is 12.4 Å². The van der Waals surface area contributed by atoms with E-state index in [-0.39, 0.29) is 17.9 Å². The summed E-state index contributed by atoms with van der Waals surface area (Å²) >= 11 is 0. The Kier molecular flexibility index (Phi) is 4.38. The van der Waals surface area contributed by atoms with Gasteiger partial charge in [0, 0.05) is 56.6 Å².